The molecule has 134 valence electrons. The van der Waals surface area contributed by atoms with Crippen LogP contribution in [0.2, 0.25) is 0 Å². The van der Waals surface area contributed by atoms with Gasteiger partial charge in [0.1, 0.15) is 17.4 Å². The van der Waals surface area contributed by atoms with E-state index in [9.17, 15) is 4.79 Å². The number of para-hydroxylation sites is 1. The molecular weight excluding hydrogens is 414 g/mol. The van der Waals surface area contributed by atoms with E-state index in [2.05, 4.69) is 20.9 Å². The van der Waals surface area contributed by atoms with Crippen LogP contribution < -0.4 is 4.74 Å². The number of nitrogens with zero attached hydrogens (tertiary/aromatic N) is 1. The van der Waals surface area contributed by atoms with Gasteiger partial charge in [0.15, 0.2) is 0 Å². The zero-order chi connectivity index (χ0) is 18.4. The lowest BCUT2D eigenvalue weighted by molar-refractivity contribution is -0.144. The minimum atomic E-state index is -0.289. The molecule has 2 aromatic carbocycles. The second kappa shape index (κ2) is 8.96. The van der Waals surface area contributed by atoms with Crippen LogP contribution in [0.15, 0.2) is 58.4 Å². The molecule has 0 amide bonds. The van der Waals surface area contributed by atoms with Crippen molar-refractivity contribution in [1.29, 1.82) is 0 Å². The molecule has 0 saturated heterocycles. The van der Waals surface area contributed by atoms with Crippen LogP contribution >= 0.6 is 27.3 Å². The van der Waals surface area contributed by atoms with Crippen LogP contribution in [0, 0.1) is 0 Å². The van der Waals surface area contributed by atoms with Crippen LogP contribution in [-0.2, 0) is 22.6 Å². The first-order valence-corrected chi connectivity index (χ1v) is 9.89. The molecule has 1 aromatic heterocycles. The van der Waals surface area contributed by atoms with Gasteiger partial charge in [-0.3, -0.25) is 4.79 Å². The summed E-state index contributed by atoms with van der Waals surface area (Å²) in [4.78, 5) is 16.6. The van der Waals surface area contributed by atoms with E-state index in [0.29, 0.717) is 12.3 Å². The zero-order valence-electron chi connectivity index (χ0n) is 14.3. The number of esters is 1. The van der Waals surface area contributed by atoms with Gasteiger partial charge in [0.05, 0.1) is 24.3 Å². The fraction of sp³-hybridized carbons (Fsp3) is 0.200. The first-order valence-electron chi connectivity index (χ1n) is 8.22. The molecule has 0 radical (unpaired) electrons. The van der Waals surface area contributed by atoms with Gasteiger partial charge in [-0.2, -0.15) is 0 Å². The van der Waals surface area contributed by atoms with Crippen molar-refractivity contribution in [2.75, 3.05) is 6.61 Å². The number of benzene rings is 2. The minimum Gasteiger partial charge on any atom is -0.493 e. The summed E-state index contributed by atoms with van der Waals surface area (Å²) in [6.07, 6.45) is 0.157. The predicted molar refractivity (Wildman–Crippen MR) is 106 cm³/mol. The third-order valence-corrected chi connectivity index (χ3v) is 5.06. The fourth-order valence-corrected chi connectivity index (χ4v) is 3.49. The summed E-state index contributed by atoms with van der Waals surface area (Å²) in [5.74, 6) is 0.511. The molecule has 1 heterocycles. The topological polar surface area (TPSA) is 48.4 Å². The van der Waals surface area contributed by atoms with E-state index in [0.717, 1.165) is 26.4 Å². The molecule has 0 bridgehead atoms. The van der Waals surface area contributed by atoms with E-state index in [1.807, 2.05) is 60.8 Å². The molecule has 0 spiro atoms. The molecule has 3 rings (SSSR count). The lowest BCUT2D eigenvalue weighted by Crippen LogP contribution is -2.08. The molecule has 26 heavy (non-hydrogen) atoms. The van der Waals surface area contributed by atoms with Crippen LogP contribution in [0.1, 0.15) is 18.2 Å². The summed E-state index contributed by atoms with van der Waals surface area (Å²) in [5, 5.41) is 2.73. The fourth-order valence-electron chi connectivity index (χ4n) is 2.38. The Hall–Kier alpha value is -2.18. The van der Waals surface area contributed by atoms with Crippen molar-refractivity contribution in [2.45, 2.75) is 20.0 Å². The molecule has 6 heteroatoms. The van der Waals surface area contributed by atoms with Gasteiger partial charge >= 0.3 is 5.97 Å². The lowest BCUT2D eigenvalue weighted by Gasteiger charge is -2.07. The molecule has 0 saturated carbocycles. The van der Waals surface area contributed by atoms with Crippen molar-refractivity contribution in [2.24, 2.45) is 0 Å². The normalized spacial score (nSPS) is 10.5. The summed E-state index contributed by atoms with van der Waals surface area (Å²) in [7, 11) is 0. The number of ether oxygens (including phenoxy) is 2. The van der Waals surface area contributed by atoms with Crippen LogP contribution in [-0.4, -0.2) is 17.6 Å². The smallest absolute Gasteiger partial charge is 0.312 e. The number of carbonyl (C=O) groups excluding carboxylic acids is 1. The van der Waals surface area contributed by atoms with Gasteiger partial charge in [-0.15, -0.1) is 11.3 Å². The third kappa shape index (κ3) is 4.93. The van der Waals surface area contributed by atoms with Crippen LogP contribution in [0.25, 0.3) is 10.6 Å². The van der Waals surface area contributed by atoms with Gasteiger partial charge in [0.2, 0.25) is 0 Å². The molecule has 0 atom stereocenters. The monoisotopic (exact) mass is 431 g/mol. The molecule has 3 aromatic rings. The summed E-state index contributed by atoms with van der Waals surface area (Å²) < 4.78 is 12.0. The highest BCUT2D eigenvalue weighted by molar-refractivity contribution is 9.10. The Balaban J connectivity index is 1.61. The standard InChI is InChI=1S/C20H18BrNO3S/c1-2-24-18-6-4-3-5-17(18)20-22-16(13-26-20)11-19(23)25-12-14-7-9-15(21)10-8-14/h3-10,13H,2,11-12H2,1H3. The number of carbonyl (C=O) groups is 1. The van der Waals surface area contributed by atoms with Crippen molar-refractivity contribution in [3.63, 3.8) is 0 Å². The SMILES string of the molecule is CCOc1ccccc1-c1nc(CC(=O)OCc2ccc(Br)cc2)cs1. The highest BCUT2D eigenvalue weighted by atomic mass is 79.9. The maximum Gasteiger partial charge on any atom is 0.312 e. The second-order valence-electron chi connectivity index (χ2n) is 5.54. The summed E-state index contributed by atoms with van der Waals surface area (Å²) >= 11 is 4.88. The summed E-state index contributed by atoms with van der Waals surface area (Å²) in [6, 6.07) is 15.5. The molecule has 0 aliphatic rings. The van der Waals surface area contributed by atoms with E-state index >= 15 is 0 Å². The Morgan fingerprint density at radius 3 is 2.69 bits per heavy atom. The molecule has 0 aliphatic heterocycles. The highest BCUT2D eigenvalue weighted by Gasteiger charge is 2.13. The van der Waals surface area contributed by atoms with E-state index in [4.69, 9.17) is 9.47 Å². The zero-order valence-corrected chi connectivity index (χ0v) is 16.7. The lowest BCUT2D eigenvalue weighted by atomic mass is 10.2. The summed E-state index contributed by atoms with van der Waals surface area (Å²) in [5.41, 5.74) is 2.59. The average molecular weight is 432 g/mol. The van der Waals surface area contributed by atoms with Crippen LogP contribution in [0.5, 0.6) is 5.75 Å². The number of halogens is 1. The van der Waals surface area contributed by atoms with Crippen LogP contribution in [0.3, 0.4) is 0 Å². The molecule has 0 aliphatic carbocycles. The van der Waals surface area contributed by atoms with Gasteiger partial charge in [-0.25, -0.2) is 4.98 Å². The van der Waals surface area contributed by atoms with Gasteiger partial charge in [-0.1, -0.05) is 40.2 Å². The summed E-state index contributed by atoms with van der Waals surface area (Å²) in [6.45, 7) is 2.80. The van der Waals surface area contributed by atoms with Crippen molar-refractivity contribution in [3.05, 3.63) is 69.6 Å². The van der Waals surface area contributed by atoms with E-state index in [-0.39, 0.29) is 19.0 Å². The molecule has 4 nitrogen and oxygen atoms in total. The predicted octanol–water partition coefficient (Wildman–Crippen LogP) is 5.26. The third-order valence-electron chi connectivity index (χ3n) is 3.61. The average Bonchev–Trinajstić information content (AvgIpc) is 3.10. The maximum absolute atomic E-state index is 12.1. The van der Waals surface area contributed by atoms with Crippen molar-refractivity contribution >= 4 is 33.2 Å². The van der Waals surface area contributed by atoms with Crippen molar-refractivity contribution in [3.8, 4) is 16.3 Å². The Bertz CT molecular complexity index is 877. The van der Waals surface area contributed by atoms with E-state index in [1.54, 1.807) is 0 Å². The maximum atomic E-state index is 12.1. The number of aromatic nitrogens is 1. The van der Waals surface area contributed by atoms with Crippen molar-refractivity contribution in [1.82, 2.24) is 4.98 Å². The quantitative estimate of drug-likeness (QED) is 0.478. The molecule has 0 N–H and O–H groups in total. The number of hydrogen-bond acceptors (Lipinski definition) is 5. The minimum absolute atomic E-state index is 0.157. The first kappa shape index (κ1) is 18.6. The van der Waals surface area contributed by atoms with Crippen molar-refractivity contribution < 1.29 is 14.3 Å². The van der Waals surface area contributed by atoms with Gasteiger partial charge in [0, 0.05) is 9.85 Å². The van der Waals surface area contributed by atoms with E-state index in [1.165, 1.54) is 11.3 Å². The van der Waals surface area contributed by atoms with E-state index < -0.39 is 0 Å². The number of rotatable bonds is 7. The number of hydrogen-bond donors (Lipinski definition) is 0. The highest BCUT2D eigenvalue weighted by Crippen LogP contribution is 2.32. The number of thiazole rings is 1. The Morgan fingerprint density at radius 2 is 1.92 bits per heavy atom. The second-order valence-corrected chi connectivity index (χ2v) is 7.31. The Kier molecular flexibility index (Phi) is 6.41. The molecular formula is C20H18BrNO3S. The Morgan fingerprint density at radius 1 is 1.15 bits per heavy atom. The molecule has 0 unspecified atom stereocenters. The van der Waals surface area contributed by atoms with Gasteiger partial charge in [-0.05, 0) is 36.8 Å². The largest absolute Gasteiger partial charge is 0.493 e. The van der Waals surface area contributed by atoms with Gasteiger partial charge < -0.3 is 9.47 Å². The van der Waals surface area contributed by atoms with Crippen LogP contribution in [0.4, 0.5) is 0 Å². The first-order chi connectivity index (χ1) is 12.7. The Labute approximate surface area is 164 Å². The van der Waals surface area contributed by atoms with Gasteiger partial charge in [0.25, 0.3) is 0 Å². The molecule has 0 fully saturated rings.